The summed E-state index contributed by atoms with van der Waals surface area (Å²) in [7, 11) is -3.51. The van der Waals surface area contributed by atoms with Crippen LogP contribution in [-0.4, -0.2) is 48.8 Å². The molecule has 3 N–H and O–H groups in total. The second-order valence-electron chi connectivity index (χ2n) is 10.1. The molecule has 1 aromatic carbocycles. The zero-order chi connectivity index (χ0) is 21.7. The molecule has 32 heavy (non-hydrogen) atoms. The summed E-state index contributed by atoms with van der Waals surface area (Å²) in [5.41, 5.74) is 8.51. The fraction of sp³-hybridized carbons (Fsp3) is 0.667. The number of aryl methyl sites for hydroxylation is 2. The lowest BCUT2D eigenvalue weighted by Gasteiger charge is -2.34. The second kappa shape index (κ2) is 8.22. The Kier molecular flexibility index (Phi) is 5.35. The summed E-state index contributed by atoms with van der Waals surface area (Å²) in [5, 5.41) is 7.45. The highest BCUT2D eigenvalue weighted by Crippen LogP contribution is 2.38. The third-order valence-corrected chi connectivity index (χ3v) is 10.2. The number of hydrogen-bond donors (Lipinski definition) is 2. The van der Waals surface area contributed by atoms with E-state index in [4.69, 9.17) is 0 Å². The normalized spacial score (nSPS) is 27.9. The van der Waals surface area contributed by atoms with Gasteiger partial charge in [-0.05, 0) is 111 Å². The molecule has 2 fully saturated rings. The van der Waals surface area contributed by atoms with Gasteiger partial charge in [0.25, 0.3) is 0 Å². The highest BCUT2D eigenvalue weighted by molar-refractivity contribution is 8.06. The molecule has 3 aliphatic carbocycles. The van der Waals surface area contributed by atoms with Crippen molar-refractivity contribution in [3.05, 3.63) is 28.3 Å². The van der Waals surface area contributed by atoms with E-state index in [-0.39, 0.29) is 10.4 Å². The molecule has 2 heterocycles. The zero-order valence-electron chi connectivity index (χ0n) is 18.8. The Labute approximate surface area is 190 Å². The summed E-state index contributed by atoms with van der Waals surface area (Å²) >= 11 is 0. The number of amidine groups is 1. The maximum absolute atomic E-state index is 13.4. The van der Waals surface area contributed by atoms with Gasteiger partial charge in [0.05, 0.1) is 10.9 Å². The molecular formula is C24H34N5O2S+. The molecule has 172 valence electrons. The number of likely N-dealkylation sites (tertiary alicyclic amines) is 1. The molecule has 0 aromatic heterocycles. The predicted molar refractivity (Wildman–Crippen MR) is 127 cm³/mol. The number of nitrogens with zero attached hydrogens (tertiary/aromatic N) is 3. The van der Waals surface area contributed by atoms with Crippen LogP contribution in [0.3, 0.4) is 0 Å². The number of nitrogens with one attached hydrogen (secondary N) is 1. The van der Waals surface area contributed by atoms with E-state index in [1.54, 1.807) is 5.43 Å². The lowest BCUT2D eigenvalue weighted by Crippen LogP contribution is -2.83. The van der Waals surface area contributed by atoms with Gasteiger partial charge in [-0.15, -0.1) is 4.99 Å². The lowest BCUT2D eigenvalue weighted by molar-refractivity contribution is -0.541. The molecule has 0 spiro atoms. The average molecular weight is 457 g/mol. The van der Waals surface area contributed by atoms with Crippen molar-refractivity contribution >= 4 is 26.7 Å². The van der Waals surface area contributed by atoms with E-state index >= 15 is 0 Å². The monoisotopic (exact) mass is 456 g/mol. The Bertz CT molecular complexity index is 1060. The maximum Gasteiger partial charge on any atom is 0.333 e. The topological polar surface area (TPSA) is 90.7 Å². The molecule has 1 saturated carbocycles. The summed E-state index contributed by atoms with van der Waals surface area (Å²) in [6, 6.07) is 2.80. The lowest BCUT2D eigenvalue weighted by atomic mass is 9.94. The standard InChI is InChI=1S/C24H33N5O2S/c30-32(31,19-9-5-8-18(15-19)29-12-1-2-13-29)24-26-23(27-28-24)25-22-20-10-3-6-16(20)14-17-7-4-11-21(17)22/h14,18-19H,1-13,15H2,(H2,25,26,27,28)/p+1. The minimum absolute atomic E-state index is 0.0105. The van der Waals surface area contributed by atoms with Gasteiger partial charge in [0, 0.05) is 6.04 Å². The number of guanidine groups is 1. The first-order valence-corrected chi connectivity index (χ1v) is 14.1. The Morgan fingerprint density at radius 2 is 1.66 bits per heavy atom. The van der Waals surface area contributed by atoms with Gasteiger partial charge in [-0.3, -0.25) is 5.32 Å². The first kappa shape index (κ1) is 20.8. The van der Waals surface area contributed by atoms with Gasteiger partial charge in [0.1, 0.15) is 0 Å². The summed E-state index contributed by atoms with van der Waals surface area (Å²) in [6.07, 6.45) is 12.9. The van der Waals surface area contributed by atoms with Gasteiger partial charge in [0.15, 0.2) is 0 Å². The quantitative estimate of drug-likeness (QED) is 0.682. The van der Waals surface area contributed by atoms with E-state index in [9.17, 15) is 8.42 Å². The van der Waals surface area contributed by atoms with Crippen LogP contribution in [0, 0.1) is 0 Å². The molecule has 2 atom stereocenters. The molecule has 1 aromatic rings. The van der Waals surface area contributed by atoms with Crippen LogP contribution in [0.1, 0.15) is 73.6 Å². The number of hydrogen-bond acceptors (Lipinski definition) is 6. The van der Waals surface area contributed by atoms with Crippen molar-refractivity contribution in [3.63, 3.8) is 0 Å². The van der Waals surface area contributed by atoms with Crippen molar-refractivity contribution in [1.82, 2.24) is 4.90 Å². The van der Waals surface area contributed by atoms with Gasteiger partial charge in [-0.2, -0.15) is 5.43 Å². The minimum Gasteiger partial charge on any atom is -0.300 e. The second-order valence-corrected chi connectivity index (χ2v) is 12.2. The van der Waals surface area contributed by atoms with E-state index in [2.05, 4.69) is 26.4 Å². The van der Waals surface area contributed by atoms with Gasteiger partial charge in [-0.25, -0.2) is 8.42 Å². The molecular weight excluding hydrogens is 422 g/mol. The van der Waals surface area contributed by atoms with E-state index in [1.165, 1.54) is 53.6 Å². The molecule has 2 aliphatic heterocycles. The largest absolute Gasteiger partial charge is 0.333 e. The van der Waals surface area contributed by atoms with Crippen molar-refractivity contribution in [2.45, 2.75) is 88.3 Å². The molecule has 0 bridgehead atoms. The third-order valence-electron chi connectivity index (χ3n) is 8.19. The number of nitrogens with two attached hydrogens (primary N) is 1. The Morgan fingerprint density at radius 1 is 0.938 bits per heavy atom. The van der Waals surface area contributed by atoms with E-state index in [1.807, 2.05) is 0 Å². The number of sulfone groups is 1. The smallest absolute Gasteiger partial charge is 0.300 e. The maximum atomic E-state index is 13.4. The predicted octanol–water partition coefficient (Wildman–Crippen LogP) is 2.10. The number of aliphatic imine (C=N–C) groups is 1. The van der Waals surface area contributed by atoms with Crippen molar-refractivity contribution in [1.29, 1.82) is 0 Å². The van der Waals surface area contributed by atoms with Crippen LogP contribution in [0.2, 0.25) is 0 Å². The molecule has 7 nitrogen and oxygen atoms in total. The Morgan fingerprint density at radius 3 is 2.38 bits per heavy atom. The third kappa shape index (κ3) is 3.60. The van der Waals surface area contributed by atoms with Crippen LogP contribution in [0.5, 0.6) is 0 Å². The van der Waals surface area contributed by atoms with E-state index in [0.29, 0.717) is 12.0 Å². The van der Waals surface area contributed by atoms with Gasteiger partial charge >= 0.3 is 11.1 Å². The summed E-state index contributed by atoms with van der Waals surface area (Å²) in [6.45, 7) is 2.23. The number of quaternary nitrogens is 1. The molecule has 8 heteroatoms. The molecule has 6 rings (SSSR count). The molecule has 5 aliphatic rings. The van der Waals surface area contributed by atoms with E-state index < -0.39 is 9.84 Å². The SMILES string of the molecule is O=S(=O)(C1=N[NH2+]C(Nc2c3c(cc4c2CCC4)CCC3)=N1)C1CCCC(N2CCCC2)C1. The number of anilines is 1. The van der Waals surface area contributed by atoms with Crippen molar-refractivity contribution in [3.8, 4) is 0 Å². The molecule has 1 saturated heterocycles. The zero-order valence-corrected chi connectivity index (χ0v) is 19.6. The van der Waals surface area contributed by atoms with E-state index in [0.717, 1.165) is 64.5 Å². The van der Waals surface area contributed by atoms with Crippen LogP contribution in [0.15, 0.2) is 16.2 Å². The van der Waals surface area contributed by atoms with Crippen LogP contribution < -0.4 is 10.7 Å². The van der Waals surface area contributed by atoms with Gasteiger partial charge in [0.2, 0.25) is 9.84 Å². The Hall–Kier alpha value is -1.77. The van der Waals surface area contributed by atoms with Crippen LogP contribution in [0.25, 0.3) is 0 Å². The fourth-order valence-electron chi connectivity index (χ4n) is 6.56. The number of benzene rings is 1. The van der Waals surface area contributed by atoms with Gasteiger partial charge < -0.3 is 4.90 Å². The van der Waals surface area contributed by atoms with Crippen LogP contribution >= 0.6 is 0 Å². The summed E-state index contributed by atoms with van der Waals surface area (Å²) < 4.78 is 26.8. The summed E-state index contributed by atoms with van der Waals surface area (Å²) in [5.74, 6) is 0.574. The van der Waals surface area contributed by atoms with Crippen molar-refractivity contribution in [2.75, 3.05) is 18.4 Å². The van der Waals surface area contributed by atoms with Crippen molar-refractivity contribution in [2.24, 2.45) is 10.1 Å². The average Bonchev–Trinajstić information content (AvgIpc) is 3.60. The highest BCUT2D eigenvalue weighted by Gasteiger charge is 2.40. The summed E-state index contributed by atoms with van der Waals surface area (Å²) in [4.78, 5) is 7.00. The van der Waals surface area contributed by atoms with Crippen molar-refractivity contribution < 1.29 is 13.8 Å². The number of rotatable bonds is 3. The first-order valence-electron chi connectivity index (χ1n) is 12.5. The van der Waals surface area contributed by atoms with Crippen LogP contribution in [-0.2, 0) is 35.5 Å². The molecule has 0 amide bonds. The minimum atomic E-state index is -3.51. The highest BCUT2D eigenvalue weighted by atomic mass is 32.2. The molecule has 0 radical (unpaired) electrons. The number of fused-ring (bicyclic) bond motifs is 2. The molecule has 2 unspecified atom stereocenters. The Balaban J connectivity index is 1.21. The van der Waals surface area contributed by atoms with Gasteiger partial charge in [-0.1, -0.05) is 12.5 Å². The fourth-order valence-corrected chi connectivity index (χ4v) is 8.24. The first-order chi connectivity index (χ1) is 15.6. The van der Waals surface area contributed by atoms with Crippen LogP contribution in [0.4, 0.5) is 5.69 Å².